The van der Waals surface area contributed by atoms with E-state index in [1.165, 1.54) is 180 Å². The number of rotatable bonds is 48. The SMILES string of the molecule is CCCCCCCCCCCCCCCCCCCCCCCC(=O)OC(COC(=O)CCCCCCCCCCCCCCCCC)COP(=O)(O)OCC(N)C(=O)O. The standard InChI is InChI=1S/C48H94NO10P/c1-3-5-7-9-11-13-15-17-19-20-21-22-23-24-26-28-30-32-34-36-38-40-47(51)59-44(42-57-60(54,55)58-43-45(49)48(52)53)41-56-46(50)39-37-35-33-31-29-27-25-18-16-14-12-10-8-6-4-2/h44-45H,3-43,49H2,1-2H3,(H,52,53)(H,54,55). The third-order valence-corrected chi connectivity index (χ3v) is 12.3. The summed E-state index contributed by atoms with van der Waals surface area (Å²) in [5, 5.41) is 8.91. The lowest BCUT2D eigenvalue weighted by atomic mass is 10.0. The van der Waals surface area contributed by atoms with Crippen molar-refractivity contribution in [2.75, 3.05) is 19.8 Å². The number of hydrogen-bond acceptors (Lipinski definition) is 9. The molecule has 0 aromatic carbocycles. The van der Waals surface area contributed by atoms with Crippen LogP contribution in [0.15, 0.2) is 0 Å². The molecule has 0 saturated carbocycles. The van der Waals surface area contributed by atoms with Crippen LogP contribution in [-0.4, -0.2) is 59.9 Å². The Kier molecular flexibility index (Phi) is 43.0. The van der Waals surface area contributed by atoms with E-state index in [9.17, 15) is 23.8 Å². The molecule has 0 aliphatic carbocycles. The summed E-state index contributed by atoms with van der Waals surface area (Å²) in [7, 11) is -4.71. The number of aliphatic carboxylic acids is 1. The maximum atomic E-state index is 12.7. The zero-order chi connectivity index (χ0) is 44.2. The maximum Gasteiger partial charge on any atom is 0.472 e. The van der Waals surface area contributed by atoms with Gasteiger partial charge in [0, 0.05) is 12.8 Å². The van der Waals surface area contributed by atoms with Gasteiger partial charge >= 0.3 is 25.7 Å². The first-order valence-corrected chi connectivity index (χ1v) is 26.6. The molecular weight excluding hydrogens is 781 g/mol. The lowest BCUT2D eigenvalue weighted by molar-refractivity contribution is -0.161. The molecule has 3 atom stereocenters. The van der Waals surface area contributed by atoms with E-state index in [2.05, 4.69) is 18.4 Å². The molecule has 3 unspecified atom stereocenters. The van der Waals surface area contributed by atoms with Crippen LogP contribution in [-0.2, 0) is 37.5 Å². The predicted octanol–water partition coefficient (Wildman–Crippen LogP) is 13.9. The topological polar surface area (TPSA) is 172 Å². The van der Waals surface area contributed by atoms with Crippen LogP contribution in [0.3, 0.4) is 0 Å². The zero-order valence-corrected chi connectivity index (χ0v) is 39.7. The van der Waals surface area contributed by atoms with Gasteiger partial charge in [0.2, 0.25) is 0 Å². The summed E-state index contributed by atoms with van der Waals surface area (Å²) in [5.41, 5.74) is 5.35. The fourth-order valence-electron chi connectivity index (χ4n) is 7.42. The fraction of sp³-hybridized carbons (Fsp3) is 0.938. The van der Waals surface area contributed by atoms with Gasteiger partial charge in [-0.25, -0.2) is 4.57 Å². The van der Waals surface area contributed by atoms with E-state index in [1.807, 2.05) is 0 Å². The highest BCUT2D eigenvalue weighted by Crippen LogP contribution is 2.43. The van der Waals surface area contributed by atoms with E-state index in [-0.39, 0.29) is 19.4 Å². The minimum atomic E-state index is -4.71. The van der Waals surface area contributed by atoms with E-state index in [0.717, 1.165) is 38.5 Å². The number of carboxylic acid groups (broad SMARTS) is 1. The van der Waals surface area contributed by atoms with Crippen molar-refractivity contribution >= 4 is 25.7 Å². The first-order chi connectivity index (χ1) is 29.1. The van der Waals surface area contributed by atoms with Crippen LogP contribution >= 0.6 is 7.82 Å². The number of phosphoric acid groups is 1. The molecule has 0 aromatic rings. The molecule has 12 heteroatoms. The van der Waals surface area contributed by atoms with Crippen molar-refractivity contribution < 1.29 is 47.5 Å². The third-order valence-electron chi connectivity index (χ3n) is 11.4. The number of unbranched alkanes of at least 4 members (excludes halogenated alkanes) is 34. The molecule has 356 valence electrons. The highest BCUT2D eigenvalue weighted by atomic mass is 31.2. The van der Waals surface area contributed by atoms with Gasteiger partial charge in [0.1, 0.15) is 12.6 Å². The van der Waals surface area contributed by atoms with Gasteiger partial charge in [0.25, 0.3) is 0 Å². The molecule has 0 fully saturated rings. The second kappa shape index (κ2) is 44.1. The first kappa shape index (κ1) is 58.5. The summed E-state index contributed by atoms with van der Waals surface area (Å²) < 4.78 is 32.8. The lowest BCUT2D eigenvalue weighted by Gasteiger charge is -2.20. The molecular formula is C48H94NO10P. The largest absolute Gasteiger partial charge is 0.480 e. The molecule has 11 nitrogen and oxygen atoms in total. The quantitative estimate of drug-likeness (QED) is 0.0302. The molecule has 0 heterocycles. The van der Waals surface area contributed by atoms with Gasteiger partial charge in [-0.3, -0.25) is 23.4 Å². The minimum Gasteiger partial charge on any atom is -0.480 e. The maximum absolute atomic E-state index is 12.7. The van der Waals surface area contributed by atoms with Crippen molar-refractivity contribution in [2.24, 2.45) is 5.73 Å². The Morgan fingerprint density at radius 2 is 0.733 bits per heavy atom. The van der Waals surface area contributed by atoms with Gasteiger partial charge in [0.05, 0.1) is 13.2 Å². The van der Waals surface area contributed by atoms with Gasteiger partial charge in [-0.2, -0.15) is 0 Å². The normalized spacial score (nSPS) is 13.5. The van der Waals surface area contributed by atoms with E-state index < -0.39 is 51.1 Å². The average Bonchev–Trinajstić information content (AvgIpc) is 3.22. The van der Waals surface area contributed by atoms with Gasteiger partial charge < -0.3 is 25.2 Å². The van der Waals surface area contributed by atoms with Crippen molar-refractivity contribution in [1.82, 2.24) is 0 Å². The van der Waals surface area contributed by atoms with Gasteiger partial charge in [-0.15, -0.1) is 0 Å². The van der Waals surface area contributed by atoms with Crippen molar-refractivity contribution in [3.63, 3.8) is 0 Å². The minimum absolute atomic E-state index is 0.170. The van der Waals surface area contributed by atoms with E-state index in [4.69, 9.17) is 24.8 Å². The molecule has 60 heavy (non-hydrogen) atoms. The molecule has 0 aromatic heterocycles. The molecule has 0 spiro atoms. The average molecular weight is 876 g/mol. The summed E-state index contributed by atoms with van der Waals surface area (Å²) >= 11 is 0. The van der Waals surface area contributed by atoms with E-state index >= 15 is 0 Å². The number of carbonyl (C=O) groups is 3. The molecule has 0 amide bonds. The Morgan fingerprint density at radius 3 is 1.05 bits per heavy atom. The molecule has 0 radical (unpaired) electrons. The van der Waals surface area contributed by atoms with Crippen molar-refractivity contribution in [3.05, 3.63) is 0 Å². The van der Waals surface area contributed by atoms with Crippen molar-refractivity contribution in [1.29, 1.82) is 0 Å². The Bertz CT molecular complexity index is 1030. The Morgan fingerprint density at radius 1 is 0.450 bits per heavy atom. The van der Waals surface area contributed by atoms with Crippen LogP contribution in [0.5, 0.6) is 0 Å². The van der Waals surface area contributed by atoms with Crippen LogP contribution < -0.4 is 5.73 Å². The second-order valence-electron chi connectivity index (χ2n) is 17.3. The number of esters is 2. The van der Waals surface area contributed by atoms with Crippen molar-refractivity contribution in [2.45, 2.75) is 270 Å². The molecule has 0 aliphatic heterocycles. The van der Waals surface area contributed by atoms with Crippen LogP contribution in [0.25, 0.3) is 0 Å². The second-order valence-corrected chi connectivity index (χ2v) is 18.8. The van der Waals surface area contributed by atoms with Crippen LogP contribution in [0, 0.1) is 0 Å². The van der Waals surface area contributed by atoms with Gasteiger partial charge in [0.15, 0.2) is 6.10 Å². The van der Waals surface area contributed by atoms with Crippen molar-refractivity contribution in [3.8, 4) is 0 Å². The predicted molar refractivity (Wildman–Crippen MR) is 245 cm³/mol. The van der Waals surface area contributed by atoms with E-state index in [1.54, 1.807) is 0 Å². The number of phosphoric ester groups is 1. The molecule has 0 rings (SSSR count). The smallest absolute Gasteiger partial charge is 0.472 e. The third kappa shape index (κ3) is 43.1. The molecule has 0 saturated heterocycles. The summed E-state index contributed by atoms with van der Waals surface area (Å²) in [4.78, 5) is 46.1. The molecule has 0 aliphatic rings. The Balaban J connectivity index is 4.20. The summed E-state index contributed by atoms with van der Waals surface area (Å²) in [6.45, 7) is 2.86. The molecule has 4 N–H and O–H groups in total. The summed E-state index contributed by atoms with van der Waals surface area (Å²) in [6, 6.07) is -1.52. The van der Waals surface area contributed by atoms with Crippen LogP contribution in [0.4, 0.5) is 0 Å². The summed E-state index contributed by atoms with van der Waals surface area (Å²) in [6.07, 6.45) is 44.5. The number of ether oxygens (including phenoxy) is 2. The van der Waals surface area contributed by atoms with Gasteiger partial charge in [-0.05, 0) is 12.8 Å². The van der Waals surface area contributed by atoms with Crippen LogP contribution in [0.2, 0.25) is 0 Å². The Labute approximate surface area is 367 Å². The number of hydrogen-bond donors (Lipinski definition) is 3. The first-order valence-electron chi connectivity index (χ1n) is 25.1. The number of nitrogens with two attached hydrogens (primary N) is 1. The molecule has 0 bridgehead atoms. The highest BCUT2D eigenvalue weighted by Gasteiger charge is 2.28. The fourth-order valence-corrected chi connectivity index (χ4v) is 8.20. The highest BCUT2D eigenvalue weighted by molar-refractivity contribution is 7.47. The summed E-state index contributed by atoms with van der Waals surface area (Å²) in [5.74, 6) is -2.35. The lowest BCUT2D eigenvalue weighted by Crippen LogP contribution is -2.34. The van der Waals surface area contributed by atoms with Gasteiger partial charge in [-0.1, -0.05) is 232 Å². The zero-order valence-electron chi connectivity index (χ0n) is 38.8. The van der Waals surface area contributed by atoms with E-state index in [0.29, 0.717) is 12.8 Å². The monoisotopic (exact) mass is 876 g/mol. The Hall–Kier alpha value is -1.52. The number of carboxylic acids is 1. The number of carbonyl (C=O) groups excluding carboxylic acids is 2. The van der Waals surface area contributed by atoms with Crippen LogP contribution in [0.1, 0.15) is 258 Å².